The molecule has 4 N–H and O–H groups in total. The number of piperazine rings is 1. The normalized spacial score (nSPS) is 19.2. The fourth-order valence-electron chi connectivity index (χ4n) is 2.20. The number of aromatic hydroxyl groups is 1. The third-order valence-corrected chi connectivity index (χ3v) is 3.34. The molecule has 1 heterocycles. The Kier molecular flexibility index (Phi) is 3.49. The fourth-order valence-corrected chi connectivity index (χ4v) is 2.20. The summed E-state index contributed by atoms with van der Waals surface area (Å²) in [5, 5.41) is 13.1. The van der Waals surface area contributed by atoms with Gasteiger partial charge < -0.3 is 16.2 Å². The summed E-state index contributed by atoms with van der Waals surface area (Å²) in [6.45, 7) is 5.69. The van der Waals surface area contributed by atoms with Crippen molar-refractivity contribution < 1.29 is 9.50 Å². The van der Waals surface area contributed by atoms with Gasteiger partial charge in [-0.25, -0.2) is 4.39 Å². The lowest BCUT2D eigenvalue weighted by molar-refractivity contribution is 0.183. The first-order chi connectivity index (χ1) is 8.11. The van der Waals surface area contributed by atoms with Crippen molar-refractivity contribution >= 4 is 5.69 Å². The quantitative estimate of drug-likeness (QED) is 0.534. The fraction of sp³-hybridized carbons (Fsp3) is 0.500. The van der Waals surface area contributed by atoms with Crippen LogP contribution in [0.25, 0.3) is 0 Å². The van der Waals surface area contributed by atoms with Crippen molar-refractivity contribution in [2.75, 3.05) is 31.9 Å². The molecule has 1 aromatic carbocycles. The van der Waals surface area contributed by atoms with Crippen LogP contribution < -0.4 is 11.1 Å². The van der Waals surface area contributed by atoms with E-state index in [9.17, 15) is 9.50 Å². The number of anilines is 1. The second-order valence-corrected chi connectivity index (χ2v) is 4.36. The zero-order chi connectivity index (χ0) is 12.4. The van der Waals surface area contributed by atoms with E-state index in [-0.39, 0.29) is 17.5 Å². The van der Waals surface area contributed by atoms with Crippen LogP contribution in [0.4, 0.5) is 10.1 Å². The predicted molar refractivity (Wildman–Crippen MR) is 65.3 cm³/mol. The molecular weight excluding hydrogens is 221 g/mol. The van der Waals surface area contributed by atoms with Crippen LogP contribution in [0.15, 0.2) is 12.1 Å². The average molecular weight is 239 g/mol. The largest absolute Gasteiger partial charge is 0.505 e. The number of hydrogen-bond acceptors (Lipinski definition) is 4. The van der Waals surface area contributed by atoms with Crippen molar-refractivity contribution in [2.45, 2.75) is 13.0 Å². The molecule has 4 nitrogen and oxygen atoms in total. The molecule has 0 aromatic heterocycles. The SMILES string of the molecule is C[C@@H](c1ccc(F)c(N)c1O)N1CCNCC1. The lowest BCUT2D eigenvalue weighted by Gasteiger charge is -2.33. The van der Waals surface area contributed by atoms with Gasteiger partial charge >= 0.3 is 0 Å². The van der Waals surface area contributed by atoms with Gasteiger partial charge in [-0.3, -0.25) is 4.90 Å². The molecule has 5 heteroatoms. The van der Waals surface area contributed by atoms with E-state index in [0.717, 1.165) is 26.2 Å². The average Bonchev–Trinajstić information content (AvgIpc) is 2.36. The summed E-state index contributed by atoms with van der Waals surface area (Å²) >= 11 is 0. The highest BCUT2D eigenvalue weighted by Crippen LogP contribution is 2.34. The summed E-state index contributed by atoms with van der Waals surface area (Å²) in [6, 6.07) is 2.96. The Morgan fingerprint density at radius 1 is 1.41 bits per heavy atom. The number of halogens is 1. The Hall–Kier alpha value is -1.33. The van der Waals surface area contributed by atoms with Crippen LogP contribution in [0.1, 0.15) is 18.5 Å². The Labute approximate surface area is 100 Å². The van der Waals surface area contributed by atoms with Crippen molar-refractivity contribution in [1.29, 1.82) is 0 Å². The smallest absolute Gasteiger partial charge is 0.149 e. The van der Waals surface area contributed by atoms with E-state index in [1.807, 2.05) is 6.92 Å². The third-order valence-electron chi connectivity index (χ3n) is 3.34. The number of rotatable bonds is 2. The highest BCUT2D eigenvalue weighted by Gasteiger charge is 2.22. The number of nitrogen functional groups attached to an aromatic ring is 1. The van der Waals surface area contributed by atoms with E-state index >= 15 is 0 Å². The van der Waals surface area contributed by atoms with Crippen molar-refractivity contribution in [3.8, 4) is 5.75 Å². The molecule has 0 spiro atoms. The van der Waals surface area contributed by atoms with Crippen molar-refractivity contribution in [3.05, 3.63) is 23.5 Å². The minimum atomic E-state index is -0.571. The molecule has 94 valence electrons. The van der Waals surface area contributed by atoms with Crippen molar-refractivity contribution in [1.82, 2.24) is 10.2 Å². The van der Waals surface area contributed by atoms with Crippen LogP contribution in [0.5, 0.6) is 5.75 Å². The van der Waals surface area contributed by atoms with Gasteiger partial charge in [0.2, 0.25) is 0 Å². The predicted octanol–water partition coefficient (Wildman–Crippen LogP) is 1.08. The molecule has 1 aliphatic rings. The van der Waals surface area contributed by atoms with E-state index < -0.39 is 5.82 Å². The lowest BCUT2D eigenvalue weighted by Crippen LogP contribution is -2.44. The molecule has 0 saturated carbocycles. The Morgan fingerprint density at radius 3 is 2.71 bits per heavy atom. The third kappa shape index (κ3) is 2.35. The van der Waals surface area contributed by atoms with Crippen LogP contribution in [-0.4, -0.2) is 36.2 Å². The first kappa shape index (κ1) is 12.1. The van der Waals surface area contributed by atoms with E-state index in [1.165, 1.54) is 6.07 Å². The number of nitrogens with two attached hydrogens (primary N) is 1. The standard InChI is InChI=1S/C12H18FN3O/c1-8(16-6-4-15-5-7-16)9-2-3-10(13)11(14)12(9)17/h2-3,8,15,17H,4-7,14H2,1H3/t8-/m0/s1. The number of benzene rings is 1. The van der Waals surface area contributed by atoms with Gasteiger partial charge in [-0.05, 0) is 13.0 Å². The maximum atomic E-state index is 13.2. The zero-order valence-corrected chi connectivity index (χ0v) is 9.91. The maximum absolute atomic E-state index is 13.2. The van der Waals surface area contributed by atoms with Crippen LogP contribution in [0.3, 0.4) is 0 Å². The number of nitrogens with zero attached hydrogens (tertiary/aromatic N) is 1. The van der Waals surface area contributed by atoms with E-state index in [1.54, 1.807) is 6.07 Å². The number of hydrogen-bond donors (Lipinski definition) is 3. The molecule has 1 atom stereocenters. The summed E-state index contributed by atoms with van der Waals surface area (Å²) < 4.78 is 13.2. The van der Waals surface area contributed by atoms with E-state index in [0.29, 0.717) is 5.56 Å². The highest BCUT2D eigenvalue weighted by atomic mass is 19.1. The van der Waals surface area contributed by atoms with Crippen LogP contribution in [0, 0.1) is 5.82 Å². The molecule has 1 aromatic rings. The topological polar surface area (TPSA) is 61.5 Å². The Bertz CT molecular complexity index is 405. The minimum Gasteiger partial charge on any atom is -0.505 e. The second-order valence-electron chi connectivity index (χ2n) is 4.36. The summed E-state index contributed by atoms with van der Waals surface area (Å²) in [5.41, 5.74) is 6.02. The lowest BCUT2D eigenvalue weighted by atomic mass is 10.0. The Morgan fingerprint density at radius 2 is 2.06 bits per heavy atom. The van der Waals surface area contributed by atoms with Crippen molar-refractivity contribution in [3.63, 3.8) is 0 Å². The van der Waals surface area contributed by atoms with E-state index in [4.69, 9.17) is 5.73 Å². The van der Waals surface area contributed by atoms with Gasteiger partial charge in [-0.15, -0.1) is 0 Å². The van der Waals surface area contributed by atoms with Gasteiger partial charge in [0.25, 0.3) is 0 Å². The summed E-state index contributed by atoms with van der Waals surface area (Å²) in [7, 11) is 0. The van der Waals surface area contributed by atoms with Gasteiger partial charge in [0.15, 0.2) is 0 Å². The maximum Gasteiger partial charge on any atom is 0.149 e. The molecule has 17 heavy (non-hydrogen) atoms. The minimum absolute atomic E-state index is 0.0417. The monoisotopic (exact) mass is 239 g/mol. The van der Waals surface area contributed by atoms with Gasteiger partial charge in [-0.1, -0.05) is 6.07 Å². The summed E-state index contributed by atoms with van der Waals surface area (Å²) in [4.78, 5) is 2.24. The first-order valence-corrected chi connectivity index (χ1v) is 5.83. The highest BCUT2D eigenvalue weighted by molar-refractivity contribution is 5.57. The first-order valence-electron chi connectivity index (χ1n) is 5.83. The van der Waals surface area contributed by atoms with Crippen molar-refractivity contribution in [2.24, 2.45) is 0 Å². The van der Waals surface area contributed by atoms with Crippen LogP contribution >= 0.6 is 0 Å². The second kappa shape index (κ2) is 4.89. The van der Waals surface area contributed by atoms with Crippen LogP contribution in [-0.2, 0) is 0 Å². The number of nitrogens with one attached hydrogen (secondary N) is 1. The molecule has 1 saturated heterocycles. The molecule has 1 fully saturated rings. The molecule has 1 aliphatic heterocycles. The number of phenolic OH excluding ortho intramolecular Hbond substituents is 1. The number of phenols is 1. The molecule has 0 amide bonds. The molecule has 0 bridgehead atoms. The molecule has 2 rings (SSSR count). The summed E-state index contributed by atoms with van der Waals surface area (Å²) in [6.07, 6.45) is 0. The van der Waals surface area contributed by atoms with Gasteiger partial charge in [0.1, 0.15) is 17.3 Å². The zero-order valence-electron chi connectivity index (χ0n) is 9.91. The molecule has 0 radical (unpaired) electrons. The van der Waals surface area contributed by atoms with E-state index in [2.05, 4.69) is 10.2 Å². The Balaban J connectivity index is 2.24. The molecule has 0 unspecified atom stereocenters. The molecular formula is C12H18FN3O. The molecule has 0 aliphatic carbocycles. The van der Waals surface area contributed by atoms with Crippen LogP contribution in [0.2, 0.25) is 0 Å². The van der Waals surface area contributed by atoms with Gasteiger partial charge in [0, 0.05) is 37.8 Å². The summed E-state index contributed by atoms with van der Waals surface area (Å²) in [5.74, 6) is -0.699. The van der Waals surface area contributed by atoms with Gasteiger partial charge in [0.05, 0.1) is 0 Å². The van der Waals surface area contributed by atoms with Gasteiger partial charge in [-0.2, -0.15) is 0 Å².